The summed E-state index contributed by atoms with van der Waals surface area (Å²) in [6, 6.07) is 5.54. The SMILES string of the molecule is C[C@@H](OC(=O)c1ccc(S(=O)(=O)N(C)C)cc1)C(=O)NC12CC3CC(CC(C3)C1)C2. The third kappa shape index (κ3) is 3.99. The molecule has 1 aromatic carbocycles. The number of nitrogens with zero attached hydrogens (tertiary/aromatic N) is 1. The highest BCUT2D eigenvalue weighted by molar-refractivity contribution is 7.89. The van der Waals surface area contributed by atoms with Gasteiger partial charge in [-0.1, -0.05) is 0 Å². The fourth-order valence-electron chi connectivity index (χ4n) is 5.88. The lowest BCUT2D eigenvalue weighted by Crippen LogP contribution is -2.61. The lowest BCUT2D eigenvalue weighted by molar-refractivity contribution is -0.134. The molecule has 0 saturated heterocycles. The molecule has 0 aromatic heterocycles. The molecule has 8 heteroatoms. The van der Waals surface area contributed by atoms with Crippen LogP contribution in [0.3, 0.4) is 0 Å². The first-order chi connectivity index (χ1) is 14.1. The number of hydrogen-bond acceptors (Lipinski definition) is 5. The van der Waals surface area contributed by atoms with E-state index in [0.717, 1.165) is 23.6 Å². The molecule has 4 fully saturated rings. The van der Waals surface area contributed by atoms with Gasteiger partial charge in [-0.15, -0.1) is 0 Å². The first-order valence-electron chi connectivity index (χ1n) is 10.6. The van der Waals surface area contributed by atoms with Gasteiger partial charge in [0.1, 0.15) is 0 Å². The van der Waals surface area contributed by atoms with Crippen LogP contribution in [0.5, 0.6) is 0 Å². The summed E-state index contributed by atoms with van der Waals surface area (Å²) in [7, 11) is -0.673. The Kier molecular flexibility index (Phi) is 5.43. The van der Waals surface area contributed by atoms with Crippen LogP contribution in [0, 0.1) is 17.8 Å². The van der Waals surface area contributed by atoms with Gasteiger partial charge in [0.2, 0.25) is 10.0 Å². The Morgan fingerprint density at radius 3 is 2.00 bits per heavy atom. The second kappa shape index (κ2) is 7.64. The van der Waals surface area contributed by atoms with Crippen molar-refractivity contribution in [1.82, 2.24) is 9.62 Å². The predicted octanol–water partition coefficient (Wildman–Crippen LogP) is 2.57. The van der Waals surface area contributed by atoms with Gasteiger partial charge in [-0.3, -0.25) is 4.79 Å². The van der Waals surface area contributed by atoms with Gasteiger partial charge in [0.05, 0.1) is 10.5 Å². The van der Waals surface area contributed by atoms with E-state index in [4.69, 9.17) is 4.74 Å². The Bertz CT molecular complexity index is 903. The first kappa shape index (κ1) is 21.3. The zero-order chi connectivity index (χ0) is 21.7. The maximum atomic E-state index is 12.8. The lowest BCUT2D eigenvalue weighted by atomic mass is 9.53. The van der Waals surface area contributed by atoms with Gasteiger partial charge in [0.15, 0.2) is 6.10 Å². The molecule has 4 aliphatic rings. The molecule has 7 nitrogen and oxygen atoms in total. The van der Waals surface area contributed by atoms with Gasteiger partial charge in [0.25, 0.3) is 5.91 Å². The number of benzene rings is 1. The van der Waals surface area contributed by atoms with Crippen molar-refractivity contribution in [2.45, 2.75) is 62.0 Å². The molecule has 1 N–H and O–H groups in total. The van der Waals surface area contributed by atoms with Crippen LogP contribution in [0.25, 0.3) is 0 Å². The third-order valence-corrected chi connectivity index (χ3v) is 8.78. The van der Waals surface area contributed by atoms with E-state index in [0.29, 0.717) is 17.8 Å². The minimum Gasteiger partial charge on any atom is -0.449 e. The topological polar surface area (TPSA) is 92.8 Å². The average molecular weight is 435 g/mol. The number of hydrogen-bond donors (Lipinski definition) is 1. The van der Waals surface area contributed by atoms with Crippen molar-refractivity contribution >= 4 is 21.9 Å². The Labute approximate surface area is 178 Å². The fourth-order valence-corrected chi connectivity index (χ4v) is 6.78. The molecule has 0 unspecified atom stereocenters. The standard InChI is InChI=1S/C22H30N2O5S/c1-14(20(25)23-22-11-15-8-16(12-22)10-17(9-15)13-22)29-21(26)18-4-6-19(7-5-18)30(27,28)24(2)3/h4-7,14-17H,8-13H2,1-3H3,(H,23,25)/t14-,15?,16?,17?,22?/m1/s1. The molecule has 4 aliphatic carbocycles. The number of amides is 1. The molecule has 4 saturated carbocycles. The van der Waals surface area contributed by atoms with Crippen LogP contribution in [-0.4, -0.2) is 50.3 Å². The zero-order valence-electron chi connectivity index (χ0n) is 17.8. The summed E-state index contributed by atoms with van der Waals surface area (Å²) < 4.78 is 30.8. The highest BCUT2D eigenvalue weighted by atomic mass is 32.2. The predicted molar refractivity (Wildman–Crippen MR) is 111 cm³/mol. The Hall–Kier alpha value is -1.93. The van der Waals surface area contributed by atoms with Crippen LogP contribution >= 0.6 is 0 Å². The normalized spacial score (nSPS) is 30.9. The molecule has 1 atom stereocenters. The number of carbonyl (C=O) groups excluding carboxylic acids is 2. The van der Waals surface area contributed by atoms with Crippen LogP contribution < -0.4 is 5.32 Å². The van der Waals surface area contributed by atoms with Crippen molar-refractivity contribution in [2.24, 2.45) is 17.8 Å². The Balaban J connectivity index is 1.37. The van der Waals surface area contributed by atoms with Crippen molar-refractivity contribution in [3.05, 3.63) is 29.8 Å². The molecule has 0 aliphatic heterocycles. The van der Waals surface area contributed by atoms with Crippen LogP contribution in [0.1, 0.15) is 55.8 Å². The van der Waals surface area contributed by atoms with Crippen molar-refractivity contribution in [1.29, 1.82) is 0 Å². The Morgan fingerprint density at radius 2 is 1.53 bits per heavy atom. The molecule has 0 spiro atoms. The first-order valence-corrected chi connectivity index (χ1v) is 12.1. The summed E-state index contributed by atoms with van der Waals surface area (Å²) in [5.41, 5.74) is 0.0801. The molecule has 1 aromatic rings. The third-order valence-electron chi connectivity index (χ3n) is 6.95. The molecule has 5 rings (SSSR count). The average Bonchev–Trinajstić information content (AvgIpc) is 2.66. The van der Waals surface area contributed by atoms with Crippen LogP contribution in [-0.2, 0) is 19.6 Å². The molecule has 0 heterocycles. The summed E-state index contributed by atoms with van der Waals surface area (Å²) in [4.78, 5) is 25.3. The number of rotatable bonds is 6. The van der Waals surface area contributed by atoms with Crippen LogP contribution in [0.15, 0.2) is 29.2 Å². The summed E-state index contributed by atoms with van der Waals surface area (Å²) in [5.74, 6) is 1.25. The highest BCUT2D eigenvalue weighted by Gasteiger charge is 2.51. The molecule has 164 valence electrons. The molecule has 1 amide bonds. The second-order valence-corrected chi connectivity index (χ2v) is 11.7. The molecule has 0 radical (unpaired) electrons. The van der Waals surface area contributed by atoms with Gasteiger partial charge in [-0.2, -0.15) is 0 Å². The summed E-state index contributed by atoms with van der Waals surface area (Å²) in [6.45, 7) is 1.58. The maximum Gasteiger partial charge on any atom is 0.338 e. The van der Waals surface area contributed by atoms with Gasteiger partial charge < -0.3 is 10.1 Å². The summed E-state index contributed by atoms with van der Waals surface area (Å²) in [5, 5.41) is 3.22. The number of esters is 1. The zero-order valence-corrected chi connectivity index (χ0v) is 18.6. The molecular weight excluding hydrogens is 404 g/mol. The minimum absolute atomic E-state index is 0.0941. The van der Waals surface area contributed by atoms with Crippen molar-refractivity contribution in [2.75, 3.05) is 14.1 Å². The number of carbonyl (C=O) groups is 2. The van der Waals surface area contributed by atoms with E-state index in [-0.39, 0.29) is 21.9 Å². The summed E-state index contributed by atoms with van der Waals surface area (Å²) in [6.07, 6.45) is 6.07. The maximum absolute atomic E-state index is 12.8. The fraction of sp³-hybridized carbons (Fsp3) is 0.636. The van der Waals surface area contributed by atoms with Crippen molar-refractivity contribution in [3.8, 4) is 0 Å². The largest absolute Gasteiger partial charge is 0.449 e. The number of ether oxygens (including phenoxy) is 1. The molecule has 30 heavy (non-hydrogen) atoms. The quantitative estimate of drug-likeness (QED) is 0.695. The van der Waals surface area contributed by atoms with Gasteiger partial charge in [-0.05, 0) is 87.5 Å². The highest BCUT2D eigenvalue weighted by Crippen LogP contribution is 2.55. The van der Waals surface area contributed by atoms with Crippen molar-refractivity contribution in [3.63, 3.8) is 0 Å². The minimum atomic E-state index is -3.56. The van der Waals surface area contributed by atoms with E-state index in [1.54, 1.807) is 6.92 Å². The number of sulfonamides is 1. The monoisotopic (exact) mass is 434 g/mol. The van der Waals surface area contributed by atoms with Crippen LogP contribution in [0.4, 0.5) is 0 Å². The molecule has 4 bridgehead atoms. The lowest BCUT2D eigenvalue weighted by Gasteiger charge is -2.57. The van der Waals surface area contributed by atoms with Gasteiger partial charge >= 0.3 is 5.97 Å². The second-order valence-electron chi connectivity index (χ2n) is 9.55. The van der Waals surface area contributed by atoms with Gasteiger partial charge in [-0.25, -0.2) is 17.5 Å². The smallest absolute Gasteiger partial charge is 0.338 e. The summed E-state index contributed by atoms with van der Waals surface area (Å²) >= 11 is 0. The van der Waals surface area contributed by atoms with E-state index >= 15 is 0 Å². The molecular formula is C22H30N2O5S. The van der Waals surface area contributed by atoms with Crippen molar-refractivity contribution < 1.29 is 22.7 Å². The van der Waals surface area contributed by atoms with E-state index in [9.17, 15) is 18.0 Å². The van der Waals surface area contributed by atoms with E-state index in [1.807, 2.05) is 0 Å². The van der Waals surface area contributed by atoms with Crippen LogP contribution in [0.2, 0.25) is 0 Å². The van der Waals surface area contributed by atoms with E-state index in [1.165, 1.54) is 57.6 Å². The van der Waals surface area contributed by atoms with Gasteiger partial charge in [0, 0.05) is 19.6 Å². The van der Waals surface area contributed by atoms with E-state index < -0.39 is 22.1 Å². The number of nitrogens with one attached hydrogen (secondary N) is 1. The Morgan fingerprint density at radius 1 is 1.03 bits per heavy atom. The van der Waals surface area contributed by atoms with E-state index in [2.05, 4.69) is 5.32 Å².